The third-order valence-electron chi connectivity index (χ3n) is 4.48. The quantitative estimate of drug-likeness (QED) is 0.697. The number of sulfone groups is 1. The van der Waals surface area contributed by atoms with Crippen LogP contribution in [0.1, 0.15) is 39.5 Å². The maximum absolute atomic E-state index is 13.2. The molecule has 0 atom stereocenters. The highest BCUT2D eigenvalue weighted by Gasteiger charge is 2.25. The van der Waals surface area contributed by atoms with Gasteiger partial charge in [0.15, 0.2) is 22.2 Å². The Hall–Kier alpha value is -2.68. The zero-order valence-electron chi connectivity index (χ0n) is 16.9. The van der Waals surface area contributed by atoms with Gasteiger partial charge in [-0.3, -0.25) is 9.59 Å². The minimum Gasteiger partial charge on any atom is -0.467 e. The monoisotopic (exact) mass is 407 g/mol. The topological polar surface area (TPSA) is 107 Å². The molecule has 8 nitrogen and oxygen atoms in total. The second-order valence-corrected chi connectivity index (χ2v) is 8.60. The van der Waals surface area contributed by atoms with Crippen LogP contribution in [-0.2, 0) is 21.7 Å². The van der Waals surface area contributed by atoms with Crippen molar-refractivity contribution in [3.05, 3.63) is 40.1 Å². The first-order chi connectivity index (χ1) is 13.0. The van der Waals surface area contributed by atoms with E-state index in [4.69, 9.17) is 4.74 Å². The van der Waals surface area contributed by atoms with E-state index in [0.29, 0.717) is 28.8 Å². The summed E-state index contributed by atoms with van der Waals surface area (Å²) in [5.74, 6) is -0.469. The molecule has 0 saturated heterocycles. The van der Waals surface area contributed by atoms with Gasteiger partial charge in [-0.1, -0.05) is 0 Å². The highest BCUT2D eigenvalue weighted by Crippen LogP contribution is 2.29. The van der Waals surface area contributed by atoms with Crippen molar-refractivity contribution in [3.8, 4) is 5.88 Å². The summed E-state index contributed by atoms with van der Waals surface area (Å²) in [7, 11) is -1.81. The Morgan fingerprint density at radius 1 is 1.18 bits per heavy atom. The second-order valence-electron chi connectivity index (χ2n) is 6.65. The van der Waals surface area contributed by atoms with Gasteiger partial charge in [0.25, 0.3) is 5.91 Å². The number of nitrogens with zero attached hydrogens (tertiary/aromatic N) is 2. The molecule has 1 aromatic heterocycles. The molecule has 2 aromatic rings. The van der Waals surface area contributed by atoms with Gasteiger partial charge in [-0.2, -0.15) is 5.10 Å². The number of hydrogen-bond donors (Lipinski definition) is 1. The lowest BCUT2D eigenvalue weighted by molar-refractivity contribution is -0.123. The number of hydrogen-bond acceptors (Lipinski definition) is 6. The standard InChI is InChI=1S/C19H25N3O5S/c1-7-20-16(23)10-27-19-15(9-21-22(19)5)17(24)14-8-11(2)18(28(6,25)26)13(4)12(14)3/h8-9H,7,10H2,1-6H3,(H,20,23). The summed E-state index contributed by atoms with van der Waals surface area (Å²) < 4.78 is 31.1. The van der Waals surface area contributed by atoms with E-state index in [-0.39, 0.29) is 34.6 Å². The van der Waals surface area contributed by atoms with Crippen molar-refractivity contribution < 1.29 is 22.7 Å². The lowest BCUT2D eigenvalue weighted by atomic mass is 9.95. The third kappa shape index (κ3) is 4.24. The Morgan fingerprint density at radius 2 is 1.82 bits per heavy atom. The summed E-state index contributed by atoms with van der Waals surface area (Å²) in [6, 6.07) is 1.57. The maximum atomic E-state index is 13.2. The number of rotatable bonds is 7. The number of ether oxygens (including phenoxy) is 1. The number of ketones is 1. The fourth-order valence-electron chi connectivity index (χ4n) is 3.15. The average molecular weight is 407 g/mol. The van der Waals surface area contributed by atoms with Gasteiger partial charge in [-0.25, -0.2) is 13.1 Å². The maximum Gasteiger partial charge on any atom is 0.257 e. The number of aryl methyl sites for hydroxylation is 2. The molecule has 2 rings (SSSR count). The van der Waals surface area contributed by atoms with Crippen LogP contribution in [-0.4, -0.2) is 49.3 Å². The van der Waals surface area contributed by atoms with E-state index >= 15 is 0 Å². The Bertz CT molecular complexity index is 1040. The zero-order valence-corrected chi connectivity index (χ0v) is 17.7. The molecule has 0 aliphatic heterocycles. The summed E-state index contributed by atoms with van der Waals surface area (Å²) >= 11 is 0. The summed E-state index contributed by atoms with van der Waals surface area (Å²) in [4.78, 5) is 25.1. The number of benzene rings is 1. The zero-order chi connectivity index (χ0) is 21.2. The van der Waals surface area contributed by atoms with E-state index in [2.05, 4.69) is 10.4 Å². The smallest absolute Gasteiger partial charge is 0.257 e. The highest BCUT2D eigenvalue weighted by atomic mass is 32.2. The van der Waals surface area contributed by atoms with Crippen LogP contribution in [0, 0.1) is 20.8 Å². The fourth-order valence-corrected chi connectivity index (χ4v) is 4.50. The first-order valence-electron chi connectivity index (χ1n) is 8.76. The first-order valence-corrected chi connectivity index (χ1v) is 10.6. The van der Waals surface area contributed by atoms with E-state index in [0.717, 1.165) is 6.26 Å². The van der Waals surface area contributed by atoms with Crippen molar-refractivity contribution >= 4 is 21.5 Å². The summed E-state index contributed by atoms with van der Waals surface area (Å²) in [5, 5.41) is 6.68. The SMILES string of the molecule is CCNC(=O)COc1c(C(=O)c2cc(C)c(S(C)(=O)=O)c(C)c2C)cnn1C. The summed E-state index contributed by atoms with van der Waals surface area (Å²) in [6.07, 6.45) is 2.53. The van der Waals surface area contributed by atoms with Gasteiger partial charge in [0.1, 0.15) is 5.56 Å². The molecule has 9 heteroatoms. The molecule has 152 valence electrons. The highest BCUT2D eigenvalue weighted by molar-refractivity contribution is 7.90. The van der Waals surface area contributed by atoms with Crippen LogP contribution >= 0.6 is 0 Å². The largest absolute Gasteiger partial charge is 0.467 e. The second kappa shape index (κ2) is 8.14. The first kappa shape index (κ1) is 21.6. The van der Waals surface area contributed by atoms with Crippen molar-refractivity contribution in [1.82, 2.24) is 15.1 Å². The molecular formula is C19H25N3O5S. The Balaban J connectivity index is 2.47. The minimum absolute atomic E-state index is 0.179. The Kier molecular flexibility index (Phi) is 6.28. The molecule has 28 heavy (non-hydrogen) atoms. The Morgan fingerprint density at radius 3 is 2.39 bits per heavy atom. The van der Waals surface area contributed by atoms with E-state index in [1.807, 2.05) is 0 Å². The third-order valence-corrected chi connectivity index (χ3v) is 5.85. The molecule has 0 bridgehead atoms. The van der Waals surface area contributed by atoms with Crippen molar-refractivity contribution in [3.63, 3.8) is 0 Å². The molecular weight excluding hydrogens is 382 g/mol. The van der Waals surface area contributed by atoms with Gasteiger partial charge < -0.3 is 10.1 Å². The van der Waals surface area contributed by atoms with Gasteiger partial charge in [-0.15, -0.1) is 0 Å². The van der Waals surface area contributed by atoms with Crippen LogP contribution in [0.5, 0.6) is 5.88 Å². The van der Waals surface area contributed by atoms with Gasteiger partial charge in [0, 0.05) is 25.4 Å². The van der Waals surface area contributed by atoms with Crippen LogP contribution in [0.4, 0.5) is 0 Å². The van der Waals surface area contributed by atoms with Crippen molar-refractivity contribution in [2.24, 2.45) is 7.05 Å². The normalized spacial score (nSPS) is 11.4. The predicted molar refractivity (Wildman–Crippen MR) is 105 cm³/mol. The van der Waals surface area contributed by atoms with Gasteiger partial charge >= 0.3 is 0 Å². The van der Waals surface area contributed by atoms with Crippen LogP contribution in [0.15, 0.2) is 17.2 Å². The number of nitrogens with one attached hydrogen (secondary N) is 1. The fraction of sp³-hybridized carbons (Fsp3) is 0.421. The number of carbonyl (C=O) groups excluding carboxylic acids is 2. The number of likely N-dealkylation sites (N-methyl/N-ethyl adjacent to an activating group) is 1. The molecule has 0 spiro atoms. The van der Waals surface area contributed by atoms with E-state index in [1.165, 1.54) is 10.9 Å². The van der Waals surface area contributed by atoms with E-state index in [1.54, 1.807) is 40.8 Å². The van der Waals surface area contributed by atoms with Gasteiger partial charge in [-0.05, 0) is 50.5 Å². The van der Waals surface area contributed by atoms with Crippen molar-refractivity contribution in [2.75, 3.05) is 19.4 Å². The number of carbonyl (C=O) groups is 2. The van der Waals surface area contributed by atoms with Crippen LogP contribution < -0.4 is 10.1 Å². The molecule has 1 amide bonds. The average Bonchev–Trinajstić information content (AvgIpc) is 2.95. The number of aromatic nitrogens is 2. The van der Waals surface area contributed by atoms with Crippen LogP contribution in [0.25, 0.3) is 0 Å². The van der Waals surface area contributed by atoms with Crippen LogP contribution in [0.2, 0.25) is 0 Å². The lowest BCUT2D eigenvalue weighted by Gasteiger charge is -2.15. The van der Waals surface area contributed by atoms with Crippen molar-refractivity contribution in [1.29, 1.82) is 0 Å². The summed E-state index contributed by atoms with van der Waals surface area (Å²) in [5.41, 5.74) is 2.20. The van der Waals surface area contributed by atoms with Crippen molar-refractivity contribution in [2.45, 2.75) is 32.6 Å². The van der Waals surface area contributed by atoms with Crippen LogP contribution in [0.3, 0.4) is 0 Å². The molecule has 0 saturated carbocycles. The predicted octanol–water partition coefficient (Wildman–Crippen LogP) is 1.49. The lowest BCUT2D eigenvalue weighted by Crippen LogP contribution is -2.29. The molecule has 0 aliphatic rings. The molecule has 1 heterocycles. The molecule has 1 aromatic carbocycles. The van der Waals surface area contributed by atoms with Gasteiger partial charge in [0.2, 0.25) is 5.88 Å². The molecule has 0 unspecified atom stereocenters. The molecule has 0 radical (unpaired) electrons. The van der Waals surface area contributed by atoms with Gasteiger partial charge in [0.05, 0.1) is 11.1 Å². The molecule has 0 aliphatic carbocycles. The number of amides is 1. The summed E-state index contributed by atoms with van der Waals surface area (Å²) in [6.45, 7) is 7.09. The molecule has 1 N–H and O–H groups in total. The molecule has 0 fully saturated rings. The Labute approximate surface area is 164 Å². The minimum atomic E-state index is -3.42. The van der Waals surface area contributed by atoms with E-state index in [9.17, 15) is 18.0 Å². The van der Waals surface area contributed by atoms with E-state index < -0.39 is 9.84 Å².